The lowest BCUT2D eigenvalue weighted by Crippen LogP contribution is -2.22. The van der Waals surface area contributed by atoms with E-state index in [1.807, 2.05) is 19.1 Å². The Bertz CT molecular complexity index is 829. The van der Waals surface area contributed by atoms with E-state index in [0.717, 1.165) is 4.88 Å². The first kappa shape index (κ1) is 16.2. The summed E-state index contributed by atoms with van der Waals surface area (Å²) >= 11 is 1.65. The largest absolute Gasteiger partial charge is 0.289 e. The molecule has 0 unspecified atom stereocenters. The van der Waals surface area contributed by atoms with Gasteiger partial charge in [-0.1, -0.05) is 20.8 Å². The number of pyridine rings is 1. The van der Waals surface area contributed by atoms with E-state index in [9.17, 15) is 4.79 Å². The van der Waals surface area contributed by atoms with Crippen molar-refractivity contribution < 1.29 is 0 Å². The van der Waals surface area contributed by atoms with Crippen LogP contribution in [0.5, 0.6) is 0 Å². The van der Waals surface area contributed by atoms with Crippen LogP contribution < -0.4 is 5.56 Å². The number of nitriles is 1. The second-order valence-electron chi connectivity index (χ2n) is 6.27. The lowest BCUT2D eigenvalue weighted by molar-refractivity contribution is 0.604. The van der Waals surface area contributed by atoms with Gasteiger partial charge in [0.1, 0.15) is 11.6 Å². The number of hydrogen-bond donors (Lipinski definition) is 0. The fourth-order valence-electron chi connectivity index (χ4n) is 2.10. The van der Waals surface area contributed by atoms with Crippen molar-refractivity contribution in [1.82, 2.24) is 4.68 Å². The van der Waals surface area contributed by atoms with E-state index in [-0.39, 0.29) is 16.5 Å². The van der Waals surface area contributed by atoms with Crippen LogP contribution in [-0.2, 0) is 5.41 Å². The second-order valence-corrected chi connectivity index (χ2v) is 7.38. The number of aryl methyl sites for hydroxylation is 2. The highest BCUT2D eigenvalue weighted by atomic mass is 32.1. The van der Waals surface area contributed by atoms with Crippen molar-refractivity contribution in [1.29, 1.82) is 5.26 Å². The molecule has 5 heteroatoms. The predicted octanol–water partition coefficient (Wildman–Crippen LogP) is 3.58. The van der Waals surface area contributed by atoms with Gasteiger partial charge in [-0.25, -0.2) is 4.68 Å². The highest BCUT2D eigenvalue weighted by molar-refractivity contribution is 7.13. The van der Waals surface area contributed by atoms with Crippen LogP contribution in [0.2, 0.25) is 0 Å². The van der Waals surface area contributed by atoms with Crippen LogP contribution in [0.25, 0.3) is 0 Å². The van der Waals surface area contributed by atoms with Crippen LogP contribution in [0, 0.1) is 25.2 Å². The average molecular weight is 313 g/mol. The topological polar surface area (TPSA) is 58.1 Å². The summed E-state index contributed by atoms with van der Waals surface area (Å²) in [5, 5.41) is 13.3. The zero-order valence-electron chi connectivity index (χ0n) is 13.5. The van der Waals surface area contributed by atoms with Crippen molar-refractivity contribution in [2.45, 2.75) is 40.0 Å². The van der Waals surface area contributed by atoms with Gasteiger partial charge in [0.15, 0.2) is 0 Å². The molecule has 2 heterocycles. The van der Waals surface area contributed by atoms with Crippen LogP contribution >= 0.6 is 11.3 Å². The minimum absolute atomic E-state index is 0.0986. The molecule has 0 aliphatic carbocycles. The Balaban J connectivity index is 2.42. The van der Waals surface area contributed by atoms with Gasteiger partial charge in [-0.3, -0.25) is 4.79 Å². The molecular weight excluding hydrogens is 294 g/mol. The summed E-state index contributed by atoms with van der Waals surface area (Å²) in [6, 6.07) is 7.82. The summed E-state index contributed by atoms with van der Waals surface area (Å²) in [5.41, 5.74) is 1.27. The van der Waals surface area contributed by atoms with Crippen LogP contribution in [0.1, 0.15) is 47.3 Å². The lowest BCUT2D eigenvalue weighted by atomic mass is 9.95. The molecule has 0 aromatic carbocycles. The molecule has 0 saturated carbocycles. The molecular formula is C17H19N3OS. The molecule has 0 aliphatic heterocycles. The molecule has 4 nitrogen and oxygen atoms in total. The maximum atomic E-state index is 12.3. The SMILES string of the molecule is Cc1cc(C)n(N=Cc2ccc(C(C)(C)C)s2)c(=O)c1C#N. The van der Waals surface area contributed by atoms with Gasteiger partial charge in [0, 0.05) is 15.4 Å². The number of nitrogens with zero attached hydrogens (tertiary/aromatic N) is 3. The van der Waals surface area contributed by atoms with E-state index in [1.54, 1.807) is 30.5 Å². The van der Waals surface area contributed by atoms with E-state index >= 15 is 0 Å². The van der Waals surface area contributed by atoms with Gasteiger partial charge in [0.25, 0.3) is 5.56 Å². The van der Waals surface area contributed by atoms with Crippen molar-refractivity contribution in [2.24, 2.45) is 5.10 Å². The van der Waals surface area contributed by atoms with Gasteiger partial charge in [-0.15, -0.1) is 11.3 Å². The maximum absolute atomic E-state index is 12.3. The number of thiophene rings is 1. The Kier molecular flexibility index (Phi) is 4.34. The Morgan fingerprint density at radius 1 is 1.32 bits per heavy atom. The van der Waals surface area contributed by atoms with Gasteiger partial charge >= 0.3 is 0 Å². The first-order valence-corrected chi connectivity index (χ1v) is 7.83. The molecule has 0 saturated heterocycles. The van der Waals surface area contributed by atoms with E-state index < -0.39 is 0 Å². The molecule has 0 amide bonds. The summed E-state index contributed by atoms with van der Waals surface area (Å²) < 4.78 is 1.28. The molecule has 0 atom stereocenters. The third kappa shape index (κ3) is 3.18. The van der Waals surface area contributed by atoms with Crippen molar-refractivity contribution in [2.75, 3.05) is 0 Å². The molecule has 2 aromatic rings. The lowest BCUT2D eigenvalue weighted by Gasteiger charge is -2.15. The Labute approximate surface area is 134 Å². The fraction of sp³-hybridized carbons (Fsp3) is 0.353. The molecule has 114 valence electrons. The van der Waals surface area contributed by atoms with Crippen molar-refractivity contribution >= 4 is 17.6 Å². The summed E-state index contributed by atoms with van der Waals surface area (Å²) in [6.07, 6.45) is 1.67. The summed E-state index contributed by atoms with van der Waals surface area (Å²) in [7, 11) is 0. The van der Waals surface area contributed by atoms with Crippen LogP contribution in [-0.4, -0.2) is 10.9 Å². The maximum Gasteiger partial charge on any atom is 0.289 e. The average Bonchev–Trinajstić information content (AvgIpc) is 2.87. The van der Waals surface area contributed by atoms with E-state index in [0.29, 0.717) is 11.3 Å². The molecule has 2 rings (SSSR count). The Hall–Kier alpha value is -2.19. The molecule has 2 aromatic heterocycles. The van der Waals surface area contributed by atoms with Gasteiger partial charge in [0.05, 0.1) is 6.21 Å². The predicted molar refractivity (Wildman–Crippen MR) is 90.9 cm³/mol. The van der Waals surface area contributed by atoms with Gasteiger partial charge in [-0.2, -0.15) is 10.4 Å². The molecule has 0 bridgehead atoms. The van der Waals surface area contributed by atoms with E-state index in [2.05, 4.69) is 31.9 Å². The molecule has 0 fully saturated rings. The summed E-state index contributed by atoms with van der Waals surface area (Å²) in [6.45, 7) is 10.0. The third-order valence-corrected chi connectivity index (χ3v) is 4.78. The zero-order valence-corrected chi connectivity index (χ0v) is 14.3. The molecule has 0 spiro atoms. The minimum atomic E-state index is -0.371. The minimum Gasteiger partial charge on any atom is -0.266 e. The summed E-state index contributed by atoms with van der Waals surface area (Å²) in [5.74, 6) is 0. The van der Waals surface area contributed by atoms with Crippen molar-refractivity contribution in [3.63, 3.8) is 0 Å². The van der Waals surface area contributed by atoms with Crippen molar-refractivity contribution in [3.8, 4) is 6.07 Å². The first-order valence-electron chi connectivity index (χ1n) is 7.02. The van der Waals surface area contributed by atoms with Crippen molar-refractivity contribution in [3.05, 3.63) is 55.1 Å². The zero-order chi connectivity index (χ0) is 16.5. The first-order chi connectivity index (χ1) is 10.2. The van der Waals surface area contributed by atoms with Crippen LogP contribution in [0.3, 0.4) is 0 Å². The quantitative estimate of drug-likeness (QED) is 0.796. The highest BCUT2D eigenvalue weighted by Crippen LogP contribution is 2.28. The molecule has 22 heavy (non-hydrogen) atoms. The Morgan fingerprint density at radius 2 is 2.00 bits per heavy atom. The number of hydrogen-bond acceptors (Lipinski definition) is 4. The Morgan fingerprint density at radius 3 is 2.55 bits per heavy atom. The smallest absolute Gasteiger partial charge is 0.266 e. The highest BCUT2D eigenvalue weighted by Gasteiger charge is 2.15. The third-order valence-electron chi connectivity index (χ3n) is 3.34. The molecule has 0 aliphatic rings. The van der Waals surface area contributed by atoms with Crippen LogP contribution in [0.15, 0.2) is 28.1 Å². The fourth-order valence-corrected chi connectivity index (χ4v) is 3.03. The van der Waals surface area contributed by atoms with Gasteiger partial charge in [-0.05, 0) is 43.0 Å². The molecule has 0 radical (unpaired) electrons. The van der Waals surface area contributed by atoms with Gasteiger partial charge < -0.3 is 0 Å². The summed E-state index contributed by atoms with van der Waals surface area (Å²) in [4.78, 5) is 14.5. The second kappa shape index (κ2) is 5.90. The number of rotatable bonds is 2. The standard InChI is InChI=1S/C17H19N3OS/c1-11-8-12(2)20(16(21)14(11)9-18)19-10-13-6-7-15(22-13)17(3,4)5/h6-8,10H,1-5H3. The van der Waals surface area contributed by atoms with E-state index in [4.69, 9.17) is 5.26 Å². The molecule has 0 N–H and O–H groups in total. The van der Waals surface area contributed by atoms with E-state index in [1.165, 1.54) is 9.55 Å². The normalized spacial score (nSPS) is 11.8. The van der Waals surface area contributed by atoms with Crippen LogP contribution in [0.4, 0.5) is 0 Å². The number of aromatic nitrogens is 1. The van der Waals surface area contributed by atoms with Gasteiger partial charge in [0.2, 0.25) is 0 Å². The monoisotopic (exact) mass is 313 g/mol.